The summed E-state index contributed by atoms with van der Waals surface area (Å²) in [4.78, 5) is 2.43. The third-order valence-corrected chi connectivity index (χ3v) is 6.15. The van der Waals surface area contributed by atoms with Crippen LogP contribution in [0.5, 0.6) is 5.75 Å². The van der Waals surface area contributed by atoms with E-state index in [4.69, 9.17) is 9.47 Å². The van der Waals surface area contributed by atoms with Gasteiger partial charge in [-0.05, 0) is 36.6 Å². The highest BCUT2D eigenvalue weighted by atomic mass is 16.5. The van der Waals surface area contributed by atoms with Crippen molar-refractivity contribution in [3.63, 3.8) is 0 Å². The van der Waals surface area contributed by atoms with Gasteiger partial charge in [0.25, 0.3) is 0 Å². The highest BCUT2D eigenvalue weighted by Crippen LogP contribution is 2.42. The number of rotatable bonds is 11. The van der Waals surface area contributed by atoms with Crippen molar-refractivity contribution in [3.8, 4) is 5.75 Å². The first kappa shape index (κ1) is 22.8. The largest absolute Gasteiger partial charge is 0.494 e. The lowest BCUT2D eigenvalue weighted by molar-refractivity contribution is -0.0295. The standard InChI is InChI=1S/C26H37NO3/c1-3-5-9-16-26(28,23-12-14-24(15-13-23)30-4-2)25(22-10-7-6-8-11-22)21-27-17-19-29-20-18-27/h6-8,10-15,25,28H,3-5,9,16-21H2,1-2H3/t25-,26-/m0/s1. The molecule has 2 aromatic carbocycles. The Bertz CT molecular complexity index is 728. The quantitative estimate of drug-likeness (QED) is 0.530. The second-order valence-corrected chi connectivity index (χ2v) is 8.22. The summed E-state index contributed by atoms with van der Waals surface area (Å²) in [5.74, 6) is 0.841. The molecule has 1 aliphatic rings. The van der Waals surface area contributed by atoms with E-state index in [2.05, 4.69) is 36.1 Å². The number of ether oxygens (including phenoxy) is 2. The van der Waals surface area contributed by atoms with Crippen LogP contribution in [0.2, 0.25) is 0 Å². The first-order chi connectivity index (χ1) is 14.7. The molecule has 1 heterocycles. The van der Waals surface area contributed by atoms with Crippen molar-refractivity contribution >= 4 is 0 Å². The number of benzene rings is 2. The van der Waals surface area contributed by atoms with Gasteiger partial charge in [-0.2, -0.15) is 0 Å². The fraction of sp³-hybridized carbons (Fsp3) is 0.538. The van der Waals surface area contributed by atoms with Crippen LogP contribution in [0.25, 0.3) is 0 Å². The second kappa shape index (κ2) is 11.5. The van der Waals surface area contributed by atoms with Gasteiger partial charge in [0.05, 0.1) is 25.4 Å². The van der Waals surface area contributed by atoms with E-state index in [1.165, 1.54) is 5.56 Å². The summed E-state index contributed by atoms with van der Waals surface area (Å²) in [6, 6.07) is 18.6. The van der Waals surface area contributed by atoms with Crippen LogP contribution in [-0.2, 0) is 10.3 Å². The van der Waals surface area contributed by atoms with Crippen LogP contribution in [-0.4, -0.2) is 49.5 Å². The van der Waals surface area contributed by atoms with Gasteiger partial charge < -0.3 is 14.6 Å². The predicted octanol–water partition coefficient (Wildman–Crippen LogP) is 4.97. The molecule has 4 heteroatoms. The maximum Gasteiger partial charge on any atom is 0.119 e. The molecule has 0 radical (unpaired) electrons. The molecule has 30 heavy (non-hydrogen) atoms. The Labute approximate surface area is 181 Å². The molecule has 0 aromatic heterocycles. The monoisotopic (exact) mass is 411 g/mol. The Morgan fingerprint density at radius 1 is 1.00 bits per heavy atom. The number of aliphatic hydroxyl groups is 1. The Morgan fingerprint density at radius 3 is 2.33 bits per heavy atom. The highest BCUT2D eigenvalue weighted by Gasteiger charge is 2.40. The summed E-state index contributed by atoms with van der Waals surface area (Å²) in [6.07, 6.45) is 4.02. The lowest BCUT2D eigenvalue weighted by Gasteiger charge is -2.41. The third kappa shape index (κ3) is 5.84. The predicted molar refractivity (Wildman–Crippen MR) is 122 cm³/mol. The van der Waals surface area contributed by atoms with E-state index in [-0.39, 0.29) is 5.92 Å². The zero-order valence-corrected chi connectivity index (χ0v) is 18.6. The molecule has 4 nitrogen and oxygen atoms in total. The Hall–Kier alpha value is -1.88. The highest BCUT2D eigenvalue weighted by molar-refractivity contribution is 5.35. The van der Waals surface area contributed by atoms with Crippen LogP contribution in [0, 0.1) is 0 Å². The molecule has 0 unspecified atom stereocenters. The van der Waals surface area contributed by atoms with E-state index in [9.17, 15) is 5.11 Å². The molecule has 2 atom stereocenters. The van der Waals surface area contributed by atoms with Crippen molar-refractivity contribution in [1.29, 1.82) is 0 Å². The molecule has 1 saturated heterocycles. The van der Waals surface area contributed by atoms with Gasteiger partial charge in [0.15, 0.2) is 0 Å². The van der Waals surface area contributed by atoms with Crippen LogP contribution in [0.15, 0.2) is 54.6 Å². The zero-order valence-electron chi connectivity index (χ0n) is 18.6. The van der Waals surface area contributed by atoms with Crippen LogP contribution in [0.1, 0.15) is 56.6 Å². The summed E-state index contributed by atoms with van der Waals surface area (Å²) >= 11 is 0. The van der Waals surface area contributed by atoms with Crippen LogP contribution in [0.4, 0.5) is 0 Å². The van der Waals surface area contributed by atoms with Crippen LogP contribution < -0.4 is 4.74 Å². The molecular formula is C26H37NO3. The molecular weight excluding hydrogens is 374 g/mol. The first-order valence-electron chi connectivity index (χ1n) is 11.5. The van der Waals surface area contributed by atoms with Gasteiger partial charge in [-0.25, -0.2) is 0 Å². The summed E-state index contributed by atoms with van der Waals surface area (Å²) in [5, 5.41) is 12.3. The van der Waals surface area contributed by atoms with Gasteiger partial charge in [0.2, 0.25) is 0 Å². The summed E-state index contributed by atoms with van der Waals surface area (Å²) in [6.45, 7) is 9.01. The SMILES string of the molecule is CCCCC[C@](O)(c1ccc(OCC)cc1)[C@@H](CN1CCOCC1)c1ccccc1. The van der Waals surface area contributed by atoms with Crippen molar-refractivity contribution in [1.82, 2.24) is 4.90 Å². The third-order valence-electron chi connectivity index (χ3n) is 6.15. The van der Waals surface area contributed by atoms with Crippen molar-refractivity contribution in [2.24, 2.45) is 0 Å². The van der Waals surface area contributed by atoms with E-state index in [1.807, 2.05) is 37.3 Å². The fourth-order valence-electron chi connectivity index (χ4n) is 4.43. The van der Waals surface area contributed by atoms with Crippen molar-refractivity contribution < 1.29 is 14.6 Å². The number of hydrogen-bond donors (Lipinski definition) is 1. The summed E-state index contributed by atoms with van der Waals surface area (Å²) in [7, 11) is 0. The smallest absolute Gasteiger partial charge is 0.119 e. The number of unbranched alkanes of at least 4 members (excludes halogenated alkanes) is 2. The normalized spacial score (nSPS) is 18.0. The molecule has 0 spiro atoms. The van der Waals surface area contributed by atoms with Crippen molar-refractivity contribution in [2.45, 2.75) is 51.0 Å². The van der Waals surface area contributed by atoms with Gasteiger partial charge in [-0.3, -0.25) is 4.90 Å². The van der Waals surface area contributed by atoms with E-state index in [0.717, 1.165) is 69.8 Å². The van der Waals surface area contributed by atoms with Crippen LogP contribution in [0.3, 0.4) is 0 Å². The number of morpholine rings is 1. The van der Waals surface area contributed by atoms with Gasteiger partial charge in [-0.1, -0.05) is 68.7 Å². The minimum atomic E-state index is -0.931. The second-order valence-electron chi connectivity index (χ2n) is 8.22. The average molecular weight is 412 g/mol. The fourth-order valence-corrected chi connectivity index (χ4v) is 4.43. The maximum absolute atomic E-state index is 12.3. The molecule has 0 saturated carbocycles. The van der Waals surface area contributed by atoms with Gasteiger partial charge in [-0.15, -0.1) is 0 Å². The van der Waals surface area contributed by atoms with Gasteiger partial charge >= 0.3 is 0 Å². The molecule has 164 valence electrons. The molecule has 0 aliphatic carbocycles. The van der Waals surface area contributed by atoms with E-state index in [1.54, 1.807) is 0 Å². The Balaban J connectivity index is 1.96. The molecule has 1 aliphatic heterocycles. The van der Waals surface area contributed by atoms with E-state index in [0.29, 0.717) is 6.61 Å². The van der Waals surface area contributed by atoms with Crippen molar-refractivity contribution in [3.05, 3.63) is 65.7 Å². The maximum atomic E-state index is 12.3. The minimum absolute atomic E-state index is 0.00778. The molecule has 0 amide bonds. The van der Waals surface area contributed by atoms with E-state index < -0.39 is 5.60 Å². The molecule has 0 bridgehead atoms. The minimum Gasteiger partial charge on any atom is -0.494 e. The molecule has 2 aromatic rings. The number of nitrogens with zero attached hydrogens (tertiary/aromatic N) is 1. The Morgan fingerprint density at radius 2 is 1.70 bits per heavy atom. The van der Waals surface area contributed by atoms with Gasteiger partial charge in [0, 0.05) is 25.6 Å². The van der Waals surface area contributed by atoms with Crippen molar-refractivity contribution in [2.75, 3.05) is 39.5 Å². The van der Waals surface area contributed by atoms with E-state index >= 15 is 0 Å². The van der Waals surface area contributed by atoms with Gasteiger partial charge in [0.1, 0.15) is 5.75 Å². The lowest BCUT2D eigenvalue weighted by atomic mass is 9.74. The lowest BCUT2D eigenvalue weighted by Crippen LogP contribution is -2.45. The Kier molecular flexibility index (Phi) is 8.74. The molecule has 1 fully saturated rings. The summed E-state index contributed by atoms with van der Waals surface area (Å²) < 4.78 is 11.2. The topological polar surface area (TPSA) is 41.9 Å². The molecule has 1 N–H and O–H groups in total. The number of hydrogen-bond acceptors (Lipinski definition) is 4. The zero-order chi connectivity index (χ0) is 21.2. The molecule has 3 rings (SSSR count). The summed E-state index contributed by atoms with van der Waals surface area (Å²) in [5.41, 5.74) is 1.24. The average Bonchev–Trinajstić information content (AvgIpc) is 2.79. The van der Waals surface area contributed by atoms with Crippen LogP contribution >= 0.6 is 0 Å². The first-order valence-corrected chi connectivity index (χ1v) is 11.5.